The molecule has 8 atom stereocenters. The molecule has 2 heterocycles. The molecule has 1 aromatic carbocycles. The quantitative estimate of drug-likeness (QED) is 0.206. The molecule has 1 aromatic rings. The van der Waals surface area contributed by atoms with Crippen molar-refractivity contribution in [2.45, 2.75) is 48.7 Å². The first-order chi connectivity index (χ1) is 15.1. The van der Waals surface area contributed by atoms with Gasteiger partial charge in [0.05, 0.1) is 34.0 Å². The molecule has 13 nitrogen and oxygen atoms in total. The molecular formula is C19H28O13. The monoisotopic (exact) mass is 464 g/mol. The Labute approximate surface area is 182 Å². The lowest BCUT2D eigenvalue weighted by Crippen LogP contribution is -2.60. The van der Waals surface area contributed by atoms with E-state index in [0.717, 1.165) is 0 Å². The average molecular weight is 464 g/mol. The van der Waals surface area contributed by atoms with Crippen molar-refractivity contribution in [1.29, 1.82) is 0 Å². The highest BCUT2D eigenvalue weighted by molar-refractivity contribution is 5.54. The number of hydrogen-bond acceptors (Lipinski definition) is 13. The number of phenolic OH excluding ortho intramolecular Hbond substituents is 1. The molecule has 0 spiro atoms. The molecule has 13 heteroatoms. The number of benzene rings is 1. The van der Waals surface area contributed by atoms with Gasteiger partial charge in [-0.05, 0) is 0 Å². The third-order valence-electron chi connectivity index (χ3n) is 5.39. The van der Waals surface area contributed by atoms with E-state index >= 15 is 0 Å². The molecule has 2 aliphatic heterocycles. The van der Waals surface area contributed by atoms with Gasteiger partial charge in [0, 0.05) is 12.1 Å². The molecule has 8 unspecified atom stereocenters. The van der Waals surface area contributed by atoms with Crippen molar-refractivity contribution < 1.29 is 64.2 Å². The molecule has 2 fully saturated rings. The van der Waals surface area contributed by atoms with E-state index in [1.807, 2.05) is 0 Å². The van der Waals surface area contributed by atoms with Crippen LogP contribution < -0.4 is 14.2 Å². The van der Waals surface area contributed by atoms with Crippen LogP contribution in [0, 0.1) is 0 Å². The maximum Gasteiger partial charge on any atom is 0.229 e. The Morgan fingerprint density at radius 2 is 1.66 bits per heavy atom. The first kappa shape index (κ1) is 24.7. The summed E-state index contributed by atoms with van der Waals surface area (Å²) in [4.78, 5) is 0. The Hall–Kier alpha value is -1.94. The molecule has 3 rings (SSSR count). The van der Waals surface area contributed by atoms with Crippen LogP contribution in [-0.2, 0) is 14.2 Å². The molecule has 0 bridgehead atoms. The number of aliphatic hydroxyl groups excluding tert-OH is 5. The highest BCUT2D eigenvalue weighted by atomic mass is 16.7. The van der Waals surface area contributed by atoms with Crippen LogP contribution in [0.1, 0.15) is 0 Å². The van der Waals surface area contributed by atoms with Gasteiger partial charge in [0.2, 0.25) is 17.8 Å². The summed E-state index contributed by atoms with van der Waals surface area (Å²) in [5.41, 5.74) is 0. The molecule has 2 saturated heterocycles. The van der Waals surface area contributed by atoms with Crippen LogP contribution in [0.3, 0.4) is 0 Å². The fourth-order valence-electron chi connectivity index (χ4n) is 3.41. The molecule has 0 aromatic heterocycles. The Bertz CT molecular complexity index is 751. The standard InChI is InChI=1S/C19H28O13/c1-27-9-3-8(4-10(28-2)13(9)21)31-18-16(24)15(23)14(22)11(32-18)5-29-12-6-30-19(26,7-20)17(12)25/h3-4,11-12,14-18,20-26H,5-7H2,1-2H3. The van der Waals surface area contributed by atoms with Crippen LogP contribution >= 0.6 is 0 Å². The Balaban J connectivity index is 1.69. The lowest BCUT2D eigenvalue weighted by Gasteiger charge is -2.40. The van der Waals surface area contributed by atoms with Gasteiger partial charge in [0.1, 0.15) is 42.4 Å². The minimum atomic E-state index is -2.17. The van der Waals surface area contributed by atoms with Gasteiger partial charge in [-0.15, -0.1) is 0 Å². The number of methoxy groups -OCH3 is 2. The summed E-state index contributed by atoms with van der Waals surface area (Å²) < 4.78 is 31.6. The number of rotatable bonds is 8. The summed E-state index contributed by atoms with van der Waals surface area (Å²) in [6.45, 7) is -1.46. The molecule has 182 valence electrons. The van der Waals surface area contributed by atoms with Gasteiger partial charge in [-0.25, -0.2) is 0 Å². The summed E-state index contributed by atoms with van der Waals surface area (Å²) in [6.07, 6.45) is -10.1. The average Bonchev–Trinajstić information content (AvgIpc) is 3.08. The van der Waals surface area contributed by atoms with Crippen molar-refractivity contribution in [3.05, 3.63) is 12.1 Å². The van der Waals surface area contributed by atoms with Gasteiger partial charge >= 0.3 is 0 Å². The molecule has 0 saturated carbocycles. The van der Waals surface area contributed by atoms with Crippen LogP contribution in [0.25, 0.3) is 0 Å². The Morgan fingerprint density at radius 1 is 1.03 bits per heavy atom. The zero-order valence-corrected chi connectivity index (χ0v) is 17.4. The molecule has 2 aliphatic rings. The number of ether oxygens (including phenoxy) is 6. The zero-order chi connectivity index (χ0) is 23.6. The molecule has 0 radical (unpaired) electrons. The summed E-state index contributed by atoms with van der Waals surface area (Å²) in [5.74, 6) is -2.33. The normalized spacial score (nSPS) is 37.3. The van der Waals surface area contributed by atoms with Gasteiger partial charge < -0.3 is 64.2 Å². The zero-order valence-electron chi connectivity index (χ0n) is 17.4. The van der Waals surface area contributed by atoms with Crippen molar-refractivity contribution in [3.63, 3.8) is 0 Å². The van der Waals surface area contributed by atoms with Crippen molar-refractivity contribution in [2.24, 2.45) is 0 Å². The molecular weight excluding hydrogens is 436 g/mol. The summed E-state index contributed by atoms with van der Waals surface area (Å²) in [7, 11) is 2.63. The van der Waals surface area contributed by atoms with E-state index in [1.54, 1.807) is 0 Å². The molecule has 0 amide bonds. The van der Waals surface area contributed by atoms with Gasteiger partial charge in [0.25, 0.3) is 0 Å². The lowest BCUT2D eigenvalue weighted by atomic mass is 9.99. The first-order valence-corrected chi connectivity index (χ1v) is 9.73. The summed E-state index contributed by atoms with van der Waals surface area (Å²) >= 11 is 0. The van der Waals surface area contributed by atoms with E-state index in [4.69, 9.17) is 33.5 Å². The number of aromatic hydroxyl groups is 1. The van der Waals surface area contributed by atoms with E-state index in [2.05, 4.69) is 0 Å². The van der Waals surface area contributed by atoms with E-state index < -0.39 is 55.3 Å². The lowest BCUT2D eigenvalue weighted by molar-refractivity contribution is -0.283. The Kier molecular flexibility index (Phi) is 7.65. The second kappa shape index (κ2) is 9.91. The number of hydrogen-bond donors (Lipinski definition) is 7. The van der Waals surface area contributed by atoms with Crippen LogP contribution in [0.4, 0.5) is 0 Å². The van der Waals surface area contributed by atoms with Crippen LogP contribution in [0.2, 0.25) is 0 Å². The minimum Gasteiger partial charge on any atom is -0.502 e. The van der Waals surface area contributed by atoms with Gasteiger partial charge in [-0.3, -0.25) is 0 Å². The third kappa shape index (κ3) is 4.71. The molecule has 7 N–H and O–H groups in total. The molecule has 32 heavy (non-hydrogen) atoms. The topological polar surface area (TPSA) is 197 Å². The fraction of sp³-hybridized carbons (Fsp3) is 0.684. The van der Waals surface area contributed by atoms with Crippen molar-refractivity contribution in [3.8, 4) is 23.0 Å². The maximum atomic E-state index is 10.3. The SMILES string of the molecule is COc1cc(OC2OC(COC3COC(O)(CO)C3O)C(O)C(O)C2O)cc(OC)c1O. The van der Waals surface area contributed by atoms with Gasteiger partial charge in [0.15, 0.2) is 11.5 Å². The number of aliphatic hydroxyl groups is 6. The van der Waals surface area contributed by atoms with Gasteiger partial charge in [-0.1, -0.05) is 0 Å². The molecule has 0 aliphatic carbocycles. The highest BCUT2D eigenvalue weighted by Crippen LogP contribution is 2.40. The van der Waals surface area contributed by atoms with E-state index in [9.17, 15) is 30.6 Å². The number of phenols is 1. The van der Waals surface area contributed by atoms with Crippen molar-refractivity contribution >= 4 is 0 Å². The largest absolute Gasteiger partial charge is 0.502 e. The fourth-order valence-corrected chi connectivity index (χ4v) is 3.41. The first-order valence-electron chi connectivity index (χ1n) is 9.73. The van der Waals surface area contributed by atoms with Crippen LogP contribution in [0.5, 0.6) is 23.0 Å². The van der Waals surface area contributed by atoms with Crippen molar-refractivity contribution in [2.75, 3.05) is 34.0 Å². The van der Waals surface area contributed by atoms with Crippen LogP contribution in [-0.4, -0.2) is 118 Å². The summed E-state index contributed by atoms with van der Waals surface area (Å²) in [5, 5.41) is 69.8. The third-order valence-corrected chi connectivity index (χ3v) is 5.39. The Morgan fingerprint density at radius 3 is 2.19 bits per heavy atom. The summed E-state index contributed by atoms with van der Waals surface area (Å²) in [6, 6.07) is 2.61. The predicted octanol–water partition coefficient (Wildman–Crippen LogP) is -2.95. The van der Waals surface area contributed by atoms with E-state index in [-0.39, 0.29) is 36.2 Å². The van der Waals surface area contributed by atoms with Crippen LogP contribution in [0.15, 0.2) is 12.1 Å². The highest BCUT2D eigenvalue weighted by Gasteiger charge is 2.50. The predicted molar refractivity (Wildman–Crippen MR) is 102 cm³/mol. The van der Waals surface area contributed by atoms with E-state index in [1.165, 1.54) is 26.4 Å². The second-order valence-corrected chi connectivity index (χ2v) is 7.44. The maximum absolute atomic E-state index is 10.3. The van der Waals surface area contributed by atoms with E-state index in [0.29, 0.717) is 0 Å². The van der Waals surface area contributed by atoms with Gasteiger partial charge in [-0.2, -0.15) is 0 Å². The van der Waals surface area contributed by atoms with Crippen molar-refractivity contribution in [1.82, 2.24) is 0 Å². The second-order valence-electron chi connectivity index (χ2n) is 7.44. The minimum absolute atomic E-state index is 0.0247. The smallest absolute Gasteiger partial charge is 0.229 e.